The van der Waals surface area contributed by atoms with Crippen LogP contribution in [-0.4, -0.2) is 50.9 Å². The van der Waals surface area contributed by atoms with Crippen molar-refractivity contribution in [1.29, 1.82) is 0 Å². The number of ether oxygens (including phenoxy) is 1. The maximum absolute atomic E-state index is 14.0. The molecule has 11 heteroatoms. The Labute approximate surface area is 245 Å². The molecule has 3 rings (SSSR count). The molecule has 0 aliphatic heterocycles. The van der Waals surface area contributed by atoms with Gasteiger partial charge in [0.15, 0.2) is 0 Å². The number of hydrogen-bond donors (Lipinski definition) is 1. The van der Waals surface area contributed by atoms with Crippen molar-refractivity contribution in [2.45, 2.75) is 50.7 Å². The lowest BCUT2D eigenvalue weighted by molar-refractivity contribution is -0.139. The summed E-state index contributed by atoms with van der Waals surface area (Å²) in [7, 11) is -2.70. The first kappa shape index (κ1) is 31.3. The summed E-state index contributed by atoms with van der Waals surface area (Å²) in [5.74, 6) is -0.365. The third kappa shape index (κ3) is 7.68. The molecule has 0 aliphatic carbocycles. The minimum Gasteiger partial charge on any atom is -0.497 e. The number of anilines is 1. The Balaban J connectivity index is 2.05. The number of carbonyl (C=O) groups is 2. The van der Waals surface area contributed by atoms with Crippen molar-refractivity contribution >= 4 is 50.7 Å². The number of sulfonamides is 1. The summed E-state index contributed by atoms with van der Waals surface area (Å²) in [6, 6.07) is 18.2. The Morgan fingerprint density at radius 2 is 1.68 bits per heavy atom. The summed E-state index contributed by atoms with van der Waals surface area (Å²) < 4.78 is 33.9. The SMILES string of the molecule is CC[C@H](C)NC(=O)[C@@H](C)N(Cc1cccc(OC)c1)C(=O)CN(c1ccc(Cl)cc1Cl)S(=O)(=O)c1ccccc1. The van der Waals surface area contributed by atoms with E-state index in [9.17, 15) is 18.0 Å². The zero-order chi connectivity index (χ0) is 29.4. The molecule has 1 N–H and O–H groups in total. The fourth-order valence-corrected chi connectivity index (χ4v) is 5.95. The second-order valence-electron chi connectivity index (χ2n) is 9.29. The largest absolute Gasteiger partial charge is 0.497 e. The summed E-state index contributed by atoms with van der Waals surface area (Å²) >= 11 is 12.5. The highest BCUT2D eigenvalue weighted by Gasteiger charge is 2.33. The molecule has 0 aliphatic rings. The van der Waals surface area contributed by atoms with Crippen molar-refractivity contribution in [1.82, 2.24) is 10.2 Å². The van der Waals surface area contributed by atoms with E-state index >= 15 is 0 Å². The molecular formula is C29H33Cl2N3O5S. The van der Waals surface area contributed by atoms with Gasteiger partial charge in [-0.1, -0.05) is 60.5 Å². The number of benzene rings is 3. The maximum atomic E-state index is 14.0. The molecule has 0 aromatic heterocycles. The van der Waals surface area contributed by atoms with Gasteiger partial charge in [0.1, 0.15) is 18.3 Å². The number of hydrogen-bond acceptors (Lipinski definition) is 5. The van der Waals surface area contributed by atoms with Gasteiger partial charge in [-0.25, -0.2) is 8.42 Å². The number of halogens is 2. The molecule has 214 valence electrons. The highest BCUT2D eigenvalue weighted by atomic mass is 35.5. The van der Waals surface area contributed by atoms with Crippen molar-refractivity contribution in [2.75, 3.05) is 18.0 Å². The van der Waals surface area contributed by atoms with E-state index in [1.54, 1.807) is 49.4 Å². The molecule has 3 aromatic rings. The van der Waals surface area contributed by atoms with Crippen molar-refractivity contribution in [3.63, 3.8) is 0 Å². The normalized spacial score (nSPS) is 12.8. The van der Waals surface area contributed by atoms with Crippen molar-refractivity contribution in [2.24, 2.45) is 0 Å². The summed E-state index contributed by atoms with van der Waals surface area (Å²) in [6.45, 7) is 4.86. The molecule has 2 amide bonds. The van der Waals surface area contributed by atoms with Crippen LogP contribution in [0.2, 0.25) is 10.0 Å². The Hall–Kier alpha value is -3.27. The zero-order valence-corrected chi connectivity index (χ0v) is 25.1. The topological polar surface area (TPSA) is 96.0 Å². The first-order valence-electron chi connectivity index (χ1n) is 12.7. The van der Waals surface area contributed by atoms with Crippen LogP contribution in [0.5, 0.6) is 5.75 Å². The first-order chi connectivity index (χ1) is 19.0. The van der Waals surface area contributed by atoms with E-state index < -0.39 is 28.5 Å². The molecule has 0 radical (unpaired) electrons. The van der Waals surface area contributed by atoms with Gasteiger partial charge in [-0.05, 0) is 68.3 Å². The molecule has 0 heterocycles. The molecule has 0 unspecified atom stereocenters. The van der Waals surface area contributed by atoms with Crippen LogP contribution in [0.4, 0.5) is 5.69 Å². The number of amides is 2. The number of nitrogens with one attached hydrogen (secondary N) is 1. The van der Waals surface area contributed by atoms with Gasteiger partial charge >= 0.3 is 0 Å². The number of nitrogens with zero attached hydrogens (tertiary/aromatic N) is 2. The molecule has 3 aromatic carbocycles. The van der Waals surface area contributed by atoms with Crippen LogP contribution in [0.3, 0.4) is 0 Å². The molecule has 0 fully saturated rings. The van der Waals surface area contributed by atoms with Gasteiger partial charge in [-0.3, -0.25) is 13.9 Å². The monoisotopic (exact) mass is 605 g/mol. The van der Waals surface area contributed by atoms with Gasteiger partial charge in [-0.2, -0.15) is 0 Å². The second-order valence-corrected chi connectivity index (χ2v) is 12.0. The van der Waals surface area contributed by atoms with Gasteiger partial charge in [0, 0.05) is 17.6 Å². The standard InChI is InChI=1S/C29H33Cl2N3O5S/c1-5-20(2)32-29(36)21(3)33(18-22-10-9-11-24(16-22)39-4)28(35)19-34(27-15-14-23(30)17-26(27)31)40(37,38)25-12-7-6-8-13-25/h6-17,20-21H,5,18-19H2,1-4H3,(H,32,36)/t20-,21+/m0/s1. The fourth-order valence-electron chi connectivity index (χ4n) is 3.93. The summed E-state index contributed by atoms with van der Waals surface area (Å²) in [4.78, 5) is 28.5. The van der Waals surface area contributed by atoms with Crippen LogP contribution in [0, 0.1) is 0 Å². The highest BCUT2D eigenvalue weighted by molar-refractivity contribution is 7.92. The summed E-state index contributed by atoms with van der Waals surface area (Å²) in [5, 5.41) is 3.27. The van der Waals surface area contributed by atoms with Gasteiger partial charge in [-0.15, -0.1) is 0 Å². The Morgan fingerprint density at radius 3 is 2.30 bits per heavy atom. The summed E-state index contributed by atoms with van der Waals surface area (Å²) in [6.07, 6.45) is 0.709. The molecule has 0 spiro atoms. The van der Waals surface area contributed by atoms with Crippen molar-refractivity contribution < 1.29 is 22.7 Å². The van der Waals surface area contributed by atoms with E-state index in [2.05, 4.69) is 5.32 Å². The van der Waals surface area contributed by atoms with Crippen LogP contribution < -0.4 is 14.4 Å². The van der Waals surface area contributed by atoms with Gasteiger partial charge < -0.3 is 15.0 Å². The van der Waals surface area contributed by atoms with E-state index in [1.165, 1.54) is 42.3 Å². The zero-order valence-electron chi connectivity index (χ0n) is 22.8. The van der Waals surface area contributed by atoms with Crippen LogP contribution in [0.1, 0.15) is 32.8 Å². The Bertz CT molecular complexity index is 1440. The van der Waals surface area contributed by atoms with Crippen molar-refractivity contribution in [3.8, 4) is 5.75 Å². The number of carbonyl (C=O) groups excluding carboxylic acids is 2. The maximum Gasteiger partial charge on any atom is 0.264 e. The lowest BCUT2D eigenvalue weighted by Gasteiger charge is -2.32. The molecular weight excluding hydrogens is 573 g/mol. The average molecular weight is 607 g/mol. The predicted octanol–water partition coefficient (Wildman–Crippen LogP) is 5.53. The van der Waals surface area contributed by atoms with E-state index in [0.717, 1.165) is 4.31 Å². The third-order valence-corrected chi connectivity index (χ3v) is 8.76. The van der Waals surface area contributed by atoms with E-state index in [0.29, 0.717) is 22.8 Å². The predicted molar refractivity (Wildman–Crippen MR) is 158 cm³/mol. The average Bonchev–Trinajstić information content (AvgIpc) is 2.94. The first-order valence-corrected chi connectivity index (χ1v) is 14.9. The lowest BCUT2D eigenvalue weighted by Crippen LogP contribution is -2.52. The number of rotatable bonds is 12. The Kier molecular flexibility index (Phi) is 10.8. The molecule has 8 nitrogen and oxygen atoms in total. The van der Waals surface area contributed by atoms with E-state index in [1.807, 2.05) is 13.8 Å². The second kappa shape index (κ2) is 13.9. The molecule has 2 atom stereocenters. The molecule has 40 heavy (non-hydrogen) atoms. The molecule has 0 saturated heterocycles. The molecule has 0 bridgehead atoms. The van der Waals surface area contributed by atoms with Gasteiger partial charge in [0.2, 0.25) is 11.8 Å². The third-order valence-electron chi connectivity index (χ3n) is 6.44. The number of methoxy groups -OCH3 is 1. The van der Waals surface area contributed by atoms with Crippen LogP contribution >= 0.6 is 23.2 Å². The van der Waals surface area contributed by atoms with Gasteiger partial charge in [0.25, 0.3) is 10.0 Å². The molecule has 0 saturated carbocycles. The smallest absolute Gasteiger partial charge is 0.264 e. The minimum absolute atomic E-state index is 0.0178. The van der Waals surface area contributed by atoms with Gasteiger partial charge in [0.05, 0.1) is 22.7 Å². The van der Waals surface area contributed by atoms with Crippen LogP contribution in [0.15, 0.2) is 77.7 Å². The van der Waals surface area contributed by atoms with Crippen LogP contribution in [-0.2, 0) is 26.2 Å². The quantitative estimate of drug-likeness (QED) is 0.293. The highest BCUT2D eigenvalue weighted by Crippen LogP contribution is 2.33. The minimum atomic E-state index is -4.23. The van der Waals surface area contributed by atoms with Crippen molar-refractivity contribution in [3.05, 3.63) is 88.4 Å². The van der Waals surface area contributed by atoms with E-state index in [-0.39, 0.29) is 34.1 Å². The Morgan fingerprint density at radius 1 is 0.975 bits per heavy atom. The van der Waals surface area contributed by atoms with Crippen LogP contribution in [0.25, 0.3) is 0 Å². The lowest BCUT2D eigenvalue weighted by atomic mass is 10.1. The fraction of sp³-hybridized carbons (Fsp3) is 0.310. The van der Waals surface area contributed by atoms with E-state index in [4.69, 9.17) is 27.9 Å². The summed E-state index contributed by atoms with van der Waals surface area (Å²) in [5.41, 5.74) is 0.791.